The summed E-state index contributed by atoms with van der Waals surface area (Å²) in [6, 6.07) is 9.85. The largest absolute Gasteiger partial charge is 0.478 e. The average Bonchev–Trinajstić information content (AvgIpc) is 3.10. The Morgan fingerprint density at radius 1 is 1.00 bits per heavy atom. The van der Waals surface area contributed by atoms with Gasteiger partial charge in [-0.2, -0.15) is 0 Å². The molecule has 2 fully saturated rings. The summed E-state index contributed by atoms with van der Waals surface area (Å²) in [5.74, 6) is 1.51. The molecule has 1 aromatic rings. The molecule has 4 aliphatic carbocycles. The Balaban J connectivity index is 1.44. The summed E-state index contributed by atoms with van der Waals surface area (Å²) < 4.78 is 0. The number of carbonyl (C=O) groups is 2. The van der Waals surface area contributed by atoms with Crippen LogP contribution in [0.5, 0.6) is 0 Å². The van der Waals surface area contributed by atoms with Crippen LogP contribution in [0, 0.1) is 34.5 Å². The summed E-state index contributed by atoms with van der Waals surface area (Å²) >= 11 is 0. The number of benzene rings is 1. The van der Waals surface area contributed by atoms with Crippen LogP contribution < -0.4 is 0 Å². The van der Waals surface area contributed by atoms with Crippen molar-refractivity contribution >= 4 is 11.8 Å². The monoisotopic (exact) mass is 404 g/mol. The lowest BCUT2D eigenvalue weighted by Gasteiger charge is -2.57. The van der Waals surface area contributed by atoms with Crippen LogP contribution in [-0.2, 0) is 4.79 Å². The van der Waals surface area contributed by atoms with Gasteiger partial charge in [0.05, 0.1) is 0 Å². The lowest BCUT2D eigenvalue weighted by Crippen LogP contribution is -2.50. The minimum atomic E-state index is -0.769. The van der Waals surface area contributed by atoms with Crippen molar-refractivity contribution in [2.24, 2.45) is 34.5 Å². The van der Waals surface area contributed by atoms with E-state index < -0.39 is 5.97 Å². The summed E-state index contributed by atoms with van der Waals surface area (Å²) in [4.78, 5) is 24.9. The fraction of sp³-hybridized carbons (Fsp3) is 0.556. The molecule has 3 heteroatoms. The Labute approximate surface area is 179 Å². The second kappa shape index (κ2) is 6.93. The summed E-state index contributed by atoms with van der Waals surface area (Å²) in [6.45, 7) is 4.76. The molecule has 30 heavy (non-hydrogen) atoms. The maximum atomic E-state index is 13.4. The highest BCUT2D eigenvalue weighted by molar-refractivity contribution is 5.98. The van der Waals surface area contributed by atoms with E-state index >= 15 is 0 Å². The summed E-state index contributed by atoms with van der Waals surface area (Å²) in [6.07, 6.45) is 11.4. The van der Waals surface area contributed by atoms with E-state index in [1.54, 1.807) is 0 Å². The molecule has 6 atom stereocenters. The molecular weight excluding hydrogens is 372 g/mol. The van der Waals surface area contributed by atoms with Gasteiger partial charge >= 0.3 is 5.97 Å². The maximum Gasteiger partial charge on any atom is 0.331 e. The SMILES string of the molecule is C[C@]12CCC(C(=O)O)=CC1=CCC1C2CC[C@@]2(C)C1CC[C@@H]2C(=O)c1ccccc1. The second-order valence-corrected chi connectivity index (χ2v) is 10.6. The van der Waals surface area contributed by atoms with Crippen LogP contribution in [0.4, 0.5) is 0 Å². The topological polar surface area (TPSA) is 54.4 Å². The second-order valence-electron chi connectivity index (χ2n) is 10.6. The van der Waals surface area contributed by atoms with E-state index in [1.165, 1.54) is 5.57 Å². The van der Waals surface area contributed by atoms with Crippen LogP contribution in [-0.4, -0.2) is 16.9 Å². The van der Waals surface area contributed by atoms with E-state index in [2.05, 4.69) is 19.9 Å². The van der Waals surface area contributed by atoms with Crippen molar-refractivity contribution in [3.8, 4) is 0 Å². The molecule has 1 N–H and O–H groups in total. The molecule has 0 radical (unpaired) electrons. The normalized spacial score (nSPS) is 39.8. The molecule has 0 aromatic heterocycles. The number of aliphatic carboxylic acids is 1. The van der Waals surface area contributed by atoms with E-state index in [4.69, 9.17) is 0 Å². The van der Waals surface area contributed by atoms with Crippen molar-refractivity contribution in [1.29, 1.82) is 0 Å². The number of allylic oxidation sites excluding steroid dienone is 3. The van der Waals surface area contributed by atoms with Crippen molar-refractivity contribution in [3.05, 3.63) is 59.2 Å². The van der Waals surface area contributed by atoms with Gasteiger partial charge in [-0.25, -0.2) is 4.79 Å². The lowest BCUT2D eigenvalue weighted by molar-refractivity contribution is -0.133. The zero-order valence-electron chi connectivity index (χ0n) is 18.1. The van der Waals surface area contributed by atoms with Crippen LogP contribution in [0.2, 0.25) is 0 Å². The molecule has 3 unspecified atom stereocenters. The van der Waals surface area contributed by atoms with Crippen molar-refractivity contribution < 1.29 is 14.7 Å². The number of fused-ring (bicyclic) bond motifs is 5. The lowest BCUT2D eigenvalue weighted by atomic mass is 9.47. The van der Waals surface area contributed by atoms with Crippen LogP contribution >= 0.6 is 0 Å². The Morgan fingerprint density at radius 3 is 2.50 bits per heavy atom. The van der Waals surface area contributed by atoms with Gasteiger partial charge < -0.3 is 5.11 Å². The first-order chi connectivity index (χ1) is 14.3. The number of Topliss-reactive ketones (excluding diaryl/α,β-unsaturated/α-hetero) is 1. The van der Waals surface area contributed by atoms with Crippen molar-refractivity contribution in [2.75, 3.05) is 0 Å². The third-order valence-corrected chi connectivity index (χ3v) is 9.42. The summed E-state index contributed by atoms with van der Waals surface area (Å²) in [5, 5.41) is 9.45. The Hall–Kier alpha value is -2.16. The number of ketones is 1. The average molecular weight is 405 g/mol. The van der Waals surface area contributed by atoms with Gasteiger partial charge in [0.25, 0.3) is 0 Å². The third-order valence-electron chi connectivity index (χ3n) is 9.42. The van der Waals surface area contributed by atoms with E-state index in [-0.39, 0.29) is 16.7 Å². The molecule has 3 nitrogen and oxygen atoms in total. The molecule has 0 saturated heterocycles. The van der Waals surface area contributed by atoms with Crippen LogP contribution in [0.3, 0.4) is 0 Å². The Morgan fingerprint density at radius 2 is 1.77 bits per heavy atom. The predicted octanol–water partition coefficient (Wildman–Crippen LogP) is 6.07. The third kappa shape index (κ3) is 2.77. The molecular formula is C27H32O3. The molecule has 0 amide bonds. The highest BCUT2D eigenvalue weighted by atomic mass is 16.4. The number of carboxylic acids is 1. The van der Waals surface area contributed by atoms with Gasteiger partial charge in [-0.1, -0.05) is 50.3 Å². The van der Waals surface area contributed by atoms with Crippen LogP contribution in [0.1, 0.15) is 69.2 Å². The fourth-order valence-corrected chi connectivity index (χ4v) is 7.73. The molecule has 158 valence electrons. The van der Waals surface area contributed by atoms with Crippen LogP contribution in [0.25, 0.3) is 0 Å². The molecule has 1 aromatic carbocycles. The zero-order chi connectivity index (χ0) is 21.1. The molecule has 4 aliphatic rings. The van der Waals surface area contributed by atoms with Gasteiger partial charge in [-0.3, -0.25) is 4.79 Å². The Bertz CT molecular complexity index is 942. The standard InChI is InChI=1S/C27H32O3/c1-26-14-12-18(25(29)30)16-19(26)8-9-20-21-10-11-23(27(21,2)15-13-22(20)26)24(28)17-6-4-3-5-7-17/h3-8,16,20-23H,9-15H2,1-2H3,(H,29,30)/t20?,21?,22?,23-,26+,27+/m1/s1. The van der Waals surface area contributed by atoms with Crippen molar-refractivity contribution in [3.63, 3.8) is 0 Å². The quantitative estimate of drug-likeness (QED) is 0.622. The highest BCUT2D eigenvalue weighted by Gasteiger charge is 2.59. The van der Waals surface area contributed by atoms with E-state index in [9.17, 15) is 14.7 Å². The van der Waals surface area contributed by atoms with Crippen LogP contribution in [0.15, 0.2) is 53.6 Å². The van der Waals surface area contributed by atoms with E-state index in [0.717, 1.165) is 44.1 Å². The minimum absolute atomic E-state index is 0.0880. The Kier molecular flexibility index (Phi) is 4.57. The molecule has 2 saturated carbocycles. The molecule has 0 heterocycles. The number of carboxylic acid groups (broad SMARTS) is 1. The van der Waals surface area contributed by atoms with Gasteiger partial charge in [0.1, 0.15) is 0 Å². The first-order valence-corrected chi connectivity index (χ1v) is 11.6. The summed E-state index contributed by atoms with van der Waals surface area (Å²) in [5.41, 5.74) is 2.86. The van der Waals surface area contributed by atoms with E-state index in [0.29, 0.717) is 35.5 Å². The smallest absolute Gasteiger partial charge is 0.331 e. The molecule has 0 spiro atoms. The van der Waals surface area contributed by atoms with Crippen molar-refractivity contribution in [2.45, 2.75) is 58.8 Å². The first-order valence-electron chi connectivity index (χ1n) is 11.6. The van der Waals surface area contributed by atoms with Gasteiger partial charge in [0.2, 0.25) is 0 Å². The summed E-state index contributed by atoms with van der Waals surface area (Å²) in [7, 11) is 0. The van der Waals surface area contributed by atoms with Crippen molar-refractivity contribution in [1.82, 2.24) is 0 Å². The zero-order valence-corrected chi connectivity index (χ0v) is 18.1. The number of carbonyl (C=O) groups excluding carboxylic acids is 1. The maximum absolute atomic E-state index is 13.4. The van der Waals surface area contributed by atoms with Gasteiger partial charge in [0, 0.05) is 17.1 Å². The highest BCUT2D eigenvalue weighted by Crippen LogP contribution is 2.66. The predicted molar refractivity (Wildman–Crippen MR) is 117 cm³/mol. The van der Waals surface area contributed by atoms with E-state index in [1.807, 2.05) is 36.4 Å². The number of hydrogen-bond acceptors (Lipinski definition) is 2. The van der Waals surface area contributed by atoms with Gasteiger partial charge in [0.15, 0.2) is 5.78 Å². The molecule has 5 rings (SSSR count). The molecule has 0 aliphatic heterocycles. The number of hydrogen-bond donors (Lipinski definition) is 1. The number of rotatable bonds is 3. The van der Waals surface area contributed by atoms with Gasteiger partial charge in [-0.15, -0.1) is 0 Å². The minimum Gasteiger partial charge on any atom is -0.478 e. The van der Waals surface area contributed by atoms with Gasteiger partial charge in [-0.05, 0) is 85.2 Å². The fourth-order valence-electron chi connectivity index (χ4n) is 7.73. The first kappa shape index (κ1) is 19.8. The molecule has 0 bridgehead atoms.